The van der Waals surface area contributed by atoms with Crippen LogP contribution in [0.15, 0.2) is 16.8 Å². The molecule has 3 heteroatoms. The Bertz CT molecular complexity index is 308. The van der Waals surface area contributed by atoms with Gasteiger partial charge in [-0.15, -0.1) is 0 Å². The van der Waals surface area contributed by atoms with Crippen molar-refractivity contribution in [1.29, 1.82) is 0 Å². The molecule has 2 atom stereocenters. The van der Waals surface area contributed by atoms with Gasteiger partial charge >= 0.3 is 0 Å². The van der Waals surface area contributed by atoms with Crippen molar-refractivity contribution in [3.63, 3.8) is 0 Å². The first-order chi connectivity index (χ1) is 7.66. The molecule has 0 aliphatic carbocycles. The maximum absolute atomic E-state index is 3.63. The minimum absolute atomic E-state index is 0.574. The first-order valence-electron chi connectivity index (χ1n) is 6.19. The summed E-state index contributed by atoms with van der Waals surface area (Å²) in [6.45, 7) is 9.19. The average molecular weight is 238 g/mol. The molecule has 0 bridgehead atoms. The van der Waals surface area contributed by atoms with Crippen molar-refractivity contribution in [3.8, 4) is 0 Å². The Hall–Kier alpha value is -0.380. The van der Waals surface area contributed by atoms with Gasteiger partial charge in [-0.3, -0.25) is 4.90 Å². The number of thiophene rings is 1. The zero-order valence-electron chi connectivity index (χ0n) is 10.4. The fraction of sp³-hybridized carbons (Fsp3) is 0.692. The molecule has 2 nitrogen and oxygen atoms in total. The third kappa shape index (κ3) is 2.84. The number of hydrogen-bond acceptors (Lipinski definition) is 3. The van der Waals surface area contributed by atoms with Crippen LogP contribution in [0, 0.1) is 0 Å². The van der Waals surface area contributed by atoms with Crippen LogP contribution in [0.1, 0.15) is 38.8 Å². The Morgan fingerprint density at radius 2 is 2.25 bits per heavy atom. The standard InChI is InChI=1S/C13H22N2S/c1-10(2)14-13-4-6-15(8-13)11(3)12-5-7-16-9-12/h5,7,9-11,13-14H,4,6,8H2,1-3H3. The summed E-state index contributed by atoms with van der Waals surface area (Å²) in [6, 6.07) is 4.10. The lowest BCUT2D eigenvalue weighted by Gasteiger charge is -2.24. The van der Waals surface area contributed by atoms with E-state index in [2.05, 4.69) is 47.8 Å². The zero-order chi connectivity index (χ0) is 11.5. The lowest BCUT2D eigenvalue weighted by molar-refractivity contribution is 0.254. The van der Waals surface area contributed by atoms with E-state index < -0.39 is 0 Å². The van der Waals surface area contributed by atoms with E-state index in [0.29, 0.717) is 18.1 Å². The third-order valence-corrected chi connectivity index (χ3v) is 4.06. The summed E-state index contributed by atoms with van der Waals surface area (Å²) in [7, 11) is 0. The summed E-state index contributed by atoms with van der Waals surface area (Å²) in [5, 5.41) is 8.08. The Labute approximate surface area is 103 Å². The van der Waals surface area contributed by atoms with Gasteiger partial charge in [-0.2, -0.15) is 11.3 Å². The first kappa shape index (κ1) is 12.1. The Balaban J connectivity index is 1.88. The fourth-order valence-electron chi connectivity index (χ4n) is 2.47. The highest BCUT2D eigenvalue weighted by molar-refractivity contribution is 7.07. The molecule has 0 aromatic carbocycles. The number of rotatable bonds is 4. The van der Waals surface area contributed by atoms with E-state index in [1.807, 2.05) is 0 Å². The van der Waals surface area contributed by atoms with Crippen LogP contribution in [0.3, 0.4) is 0 Å². The highest BCUT2D eigenvalue weighted by Crippen LogP contribution is 2.26. The molecule has 1 fully saturated rings. The van der Waals surface area contributed by atoms with Crippen molar-refractivity contribution in [2.45, 2.75) is 45.3 Å². The molecule has 90 valence electrons. The quantitative estimate of drug-likeness (QED) is 0.867. The number of nitrogens with zero attached hydrogens (tertiary/aromatic N) is 1. The second-order valence-electron chi connectivity index (χ2n) is 5.03. The van der Waals surface area contributed by atoms with E-state index in [9.17, 15) is 0 Å². The minimum Gasteiger partial charge on any atom is -0.310 e. The molecule has 16 heavy (non-hydrogen) atoms. The lowest BCUT2D eigenvalue weighted by atomic mass is 10.1. The van der Waals surface area contributed by atoms with Gasteiger partial charge < -0.3 is 5.32 Å². The maximum Gasteiger partial charge on any atom is 0.0328 e. The molecule has 2 unspecified atom stereocenters. The van der Waals surface area contributed by atoms with Crippen LogP contribution in [0.25, 0.3) is 0 Å². The van der Waals surface area contributed by atoms with Crippen LogP contribution in [0.2, 0.25) is 0 Å². The van der Waals surface area contributed by atoms with Gasteiger partial charge in [-0.25, -0.2) is 0 Å². The molecular formula is C13H22N2S. The molecule has 0 saturated carbocycles. The monoisotopic (exact) mass is 238 g/mol. The van der Waals surface area contributed by atoms with E-state index in [0.717, 1.165) is 0 Å². The van der Waals surface area contributed by atoms with Crippen molar-refractivity contribution in [3.05, 3.63) is 22.4 Å². The molecule has 0 spiro atoms. The molecule has 1 aliphatic rings. The van der Waals surface area contributed by atoms with Crippen LogP contribution < -0.4 is 5.32 Å². The van der Waals surface area contributed by atoms with Crippen molar-refractivity contribution < 1.29 is 0 Å². The van der Waals surface area contributed by atoms with Crippen molar-refractivity contribution >= 4 is 11.3 Å². The molecule has 1 aromatic heterocycles. The summed E-state index contributed by atoms with van der Waals surface area (Å²) in [4.78, 5) is 2.59. The fourth-order valence-corrected chi connectivity index (χ4v) is 3.22. The van der Waals surface area contributed by atoms with E-state index >= 15 is 0 Å². The number of hydrogen-bond donors (Lipinski definition) is 1. The van der Waals surface area contributed by atoms with E-state index in [1.165, 1.54) is 25.1 Å². The highest BCUT2D eigenvalue weighted by Gasteiger charge is 2.26. The number of nitrogens with one attached hydrogen (secondary N) is 1. The van der Waals surface area contributed by atoms with E-state index in [1.54, 1.807) is 11.3 Å². The van der Waals surface area contributed by atoms with Crippen molar-refractivity contribution in [2.24, 2.45) is 0 Å². The molecule has 1 aromatic rings. The molecule has 0 radical (unpaired) electrons. The zero-order valence-corrected chi connectivity index (χ0v) is 11.3. The third-order valence-electron chi connectivity index (χ3n) is 3.36. The van der Waals surface area contributed by atoms with Crippen LogP contribution in [-0.4, -0.2) is 30.1 Å². The molecule has 2 heterocycles. The second-order valence-corrected chi connectivity index (χ2v) is 5.81. The maximum atomic E-state index is 3.63. The van der Waals surface area contributed by atoms with E-state index in [-0.39, 0.29) is 0 Å². The van der Waals surface area contributed by atoms with Crippen LogP contribution in [-0.2, 0) is 0 Å². The Morgan fingerprint density at radius 1 is 1.44 bits per heavy atom. The average Bonchev–Trinajstić information content (AvgIpc) is 2.84. The largest absolute Gasteiger partial charge is 0.310 e. The highest BCUT2D eigenvalue weighted by atomic mass is 32.1. The van der Waals surface area contributed by atoms with E-state index in [4.69, 9.17) is 0 Å². The molecular weight excluding hydrogens is 216 g/mol. The van der Waals surface area contributed by atoms with Crippen molar-refractivity contribution in [1.82, 2.24) is 10.2 Å². The summed E-state index contributed by atoms with van der Waals surface area (Å²) >= 11 is 1.80. The normalized spacial score (nSPS) is 24.1. The SMILES string of the molecule is CC(C)NC1CCN(C(C)c2ccsc2)C1. The predicted octanol–water partition coefficient (Wildman–Crippen LogP) is 2.88. The smallest absolute Gasteiger partial charge is 0.0328 e. The van der Waals surface area contributed by atoms with Crippen LogP contribution in [0.4, 0.5) is 0 Å². The summed E-state index contributed by atoms with van der Waals surface area (Å²) < 4.78 is 0. The topological polar surface area (TPSA) is 15.3 Å². The molecule has 1 N–H and O–H groups in total. The summed E-state index contributed by atoms with van der Waals surface area (Å²) in [5.41, 5.74) is 1.47. The van der Waals surface area contributed by atoms with Gasteiger partial charge in [-0.1, -0.05) is 13.8 Å². The van der Waals surface area contributed by atoms with Crippen LogP contribution in [0.5, 0.6) is 0 Å². The molecule has 1 aliphatic heterocycles. The molecule has 0 amide bonds. The minimum atomic E-state index is 0.574. The Morgan fingerprint density at radius 3 is 2.88 bits per heavy atom. The Kier molecular flexibility index (Phi) is 4.00. The second kappa shape index (κ2) is 5.30. The molecule has 1 saturated heterocycles. The number of likely N-dealkylation sites (tertiary alicyclic amines) is 1. The van der Waals surface area contributed by atoms with Gasteiger partial charge in [0.05, 0.1) is 0 Å². The van der Waals surface area contributed by atoms with Gasteiger partial charge in [0.25, 0.3) is 0 Å². The van der Waals surface area contributed by atoms with Crippen molar-refractivity contribution in [2.75, 3.05) is 13.1 Å². The van der Waals surface area contributed by atoms with Gasteiger partial charge in [0, 0.05) is 31.2 Å². The van der Waals surface area contributed by atoms with Gasteiger partial charge in [-0.05, 0) is 35.7 Å². The lowest BCUT2D eigenvalue weighted by Crippen LogP contribution is -2.37. The molecule has 2 rings (SSSR count). The predicted molar refractivity (Wildman–Crippen MR) is 71.0 cm³/mol. The summed E-state index contributed by atoms with van der Waals surface area (Å²) in [6.07, 6.45) is 1.28. The van der Waals surface area contributed by atoms with Gasteiger partial charge in [0.2, 0.25) is 0 Å². The van der Waals surface area contributed by atoms with Crippen LogP contribution >= 0.6 is 11.3 Å². The summed E-state index contributed by atoms with van der Waals surface area (Å²) in [5.74, 6) is 0. The van der Waals surface area contributed by atoms with Gasteiger partial charge in [0.15, 0.2) is 0 Å². The first-order valence-corrected chi connectivity index (χ1v) is 7.13. The van der Waals surface area contributed by atoms with Gasteiger partial charge in [0.1, 0.15) is 0 Å².